The number of rotatable bonds is 5. The molecule has 0 bridgehead atoms. The molecule has 0 fully saturated rings. The SMILES string of the molecule is COc1ccc(C)cc1NC(=O)C1CC(c2ccccc2OC)=NO1. The van der Waals surface area contributed by atoms with Gasteiger partial charge in [0.25, 0.3) is 5.91 Å². The second kappa shape index (κ2) is 7.25. The largest absolute Gasteiger partial charge is 0.496 e. The van der Waals surface area contributed by atoms with Gasteiger partial charge < -0.3 is 19.6 Å². The molecule has 0 spiro atoms. The average molecular weight is 340 g/mol. The van der Waals surface area contributed by atoms with Gasteiger partial charge in [-0.05, 0) is 36.8 Å². The van der Waals surface area contributed by atoms with Gasteiger partial charge in [0, 0.05) is 12.0 Å². The fraction of sp³-hybridized carbons (Fsp3) is 0.263. The van der Waals surface area contributed by atoms with Crippen LogP contribution in [0.15, 0.2) is 47.6 Å². The lowest BCUT2D eigenvalue weighted by molar-refractivity contribution is -0.125. The summed E-state index contributed by atoms with van der Waals surface area (Å²) in [5, 5.41) is 6.91. The zero-order chi connectivity index (χ0) is 17.8. The lowest BCUT2D eigenvalue weighted by Gasteiger charge is -2.13. The van der Waals surface area contributed by atoms with E-state index in [9.17, 15) is 4.79 Å². The first kappa shape index (κ1) is 16.8. The zero-order valence-corrected chi connectivity index (χ0v) is 14.4. The van der Waals surface area contributed by atoms with Crippen molar-refractivity contribution in [1.82, 2.24) is 0 Å². The maximum Gasteiger partial charge on any atom is 0.268 e. The van der Waals surface area contributed by atoms with Crippen molar-refractivity contribution in [1.29, 1.82) is 0 Å². The molecular formula is C19H20N2O4. The van der Waals surface area contributed by atoms with Crippen LogP contribution >= 0.6 is 0 Å². The molecule has 130 valence electrons. The summed E-state index contributed by atoms with van der Waals surface area (Å²) in [5.41, 5.74) is 3.15. The number of carbonyl (C=O) groups excluding carboxylic acids is 1. The quantitative estimate of drug-likeness (QED) is 0.908. The van der Waals surface area contributed by atoms with E-state index in [1.54, 1.807) is 14.2 Å². The minimum Gasteiger partial charge on any atom is -0.496 e. The van der Waals surface area contributed by atoms with Crippen molar-refractivity contribution in [2.24, 2.45) is 5.16 Å². The Balaban J connectivity index is 1.71. The van der Waals surface area contributed by atoms with Crippen LogP contribution < -0.4 is 14.8 Å². The fourth-order valence-electron chi connectivity index (χ4n) is 2.69. The third kappa shape index (κ3) is 3.57. The van der Waals surface area contributed by atoms with Gasteiger partial charge in [-0.1, -0.05) is 23.4 Å². The molecule has 25 heavy (non-hydrogen) atoms. The van der Waals surface area contributed by atoms with Gasteiger partial charge in [-0.3, -0.25) is 4.79 Å². The van der Waals surface area contributed by atoms with Gasteiger partial charge in [-0.2, -0.15) is 0 Å². The van der Waals surface area contributed by atoms with Gasteiger partial charge in [-0.25, -0.2) is 0 Å². The van der Waals surface area contributed by atoms with Crippen LogP contribution in [-0.2, 0) is 9.63 Å². The van der Waals surface area contributed by atoms with Gasteiger partial charge >= 0.3 is 0 Å². The van der Waals surface area contributed by atoms with E-state index in [1.165, 1.54) is 0 Å². The van der Waals surface area contributed by atoms with Crippen molar-refractivity contribution in [3.63, 3.8) is 0 Å². The minimum atomic E-state index is -0.690. The molecule has 0 aromatic heterocycles. The number of methoxy groups -OCH3 is 2. The summed E-state index contributed by atoms with van der Waals surface area (Å²) >= 11 is 0. The van der Waals surface area contributed by atoms with Crippen LogP contribution in [0, 0.1) is 6.92 Å². The van der Waals surface area contributed by atoms with E-state index < -0.39 is 6.10 Å². The van der Waals surface area contributed by atoms with Crippen LogP contribution in [0.3, 0.4) is 0 Å². The molecule has 6 heteroatoms. The molecule has 1 atom stereocenters. The first-order valence-corrected chi connectivity index (χ1v) is 7.94. The maximum atomic E-state index is 12.5. The number of aryl methyl sites for hydroxylation is 1. The molecule has 1 N–H and O–H groups in total. The van der Waals surface area contributed by atoms with Crippen molar-refractivity contribution in [2.45, 2.75) is 19.4 Å². The van der Waals surface area contributed by atoms with Crippen molar-refractivity contribution in [3.05, 3.63) is 53.6 Å². The van der Waals surface area contributed by atoms with Crippen molar-refractivity contribution >= 4 is 17.3 Å². The molecule has 0 saturated carbocycles. The van der Waals surface area contributed by atoms with Gasteiger partial charge in [0.2, 0.25) is 6.10 Å². The first-order chi connectivity index (χ1) is 12.1. The van der Waals surface area contributed by atoms with Gasteiger partial charge in [0.05, 0.1) is 25.6 Å². The first-order valence-electron chi connectivity index (χ1n) is 7.94. The lowest BCUT2D eigenvalue weighted by Crippen LogP contribution is -2.28. The summed E-state index contributed by atoms with van der Waals surface area (Å²) in [6.07, 6.45) is -0.314. The smallest absolute Gasteiger partial charge is 0.268 e. The summed E-state index contributed by atoms with van der Waals surface area (Å²) < 4.78 is 10.6. The Morgan fingerprint density at radius 2 is 1.92 bits per heavy atom. The number of nitrogens with zero attached hydrogens (tertiary/aromatic N) is 1. The number of nitrogens with one attached hydrogen (secondary N) is 1. The molecular weight excluding hydrogens is 320 g/mol. The number of hydrogen-bond acceptors (Lipinski definition) is 5. The predicted molar refractivity (Wildman–Crippen MR) is 95.4 cm³/mol. The van der Waals surface area contributed by atoms with Crippen LogP contribution in [0.25, 0.3) is 0 Å². The maximum absolute atomic E-state index is 12.5. The second-order valence-corrected chi connectivity index (χ2v) is 5.73. The molecule has 2 aromatic rings. The highest BCUT2D eigenvalue weighted by Crippen LogP contribution is 2.28. The predicted octanol–water partition coefficient (Wildman–Crippen LogP) is 3.14. The van der Waals surface area contributed by atoms with E-state index in [-0.39, 0.29) is 5.91 Å². The van der Waals surface area contributed by atoms with E-state index in [1.807, 2.05) is 49.4 Å². The molecule has 0 saturated heterocycles. The Labute approximate surface area is 146 Å². The second-order valence-electron chi connectivity index (χ2n) is 5.73. The van der Waals surface area contributed by atoms with Crippen molar-refractivity contribution < 1.29 is 19.1 Å². The molecule has 1 aliphatic rings. The fourth-order valence-corrected chi connectivity index (χ4v) is 2.69. The van der Waals surface area contributed by atoms with Crippen molar-refractivity contribution in [2.75, 3.05) is 19.5 Å². The molecule has 0 aliphatic carbocycles. The van der Waals surface area contributed by atoms with E-state index in [4.69, 9.17) is 14.3 Å². The van der Waals surface area contributed by atoms with Crippen LogP contribution in [0.5, 0.6) is 11.5 Å². The number of benzene rings is 2. The Morgan fingerprint density at radius 1 is 1.16 bits per heavy atom. The third-order valence-electron chi connectivity index (χ3n) is 3.99. The molecule has 1 heterocycles. The van der Waals surface area contributed by atoms with Crippen LogP contribution in [0.2, 0.25) is 0 Å². The third-order valence-corrected chi connectivity index (χ3v) is 3.99. The Bertz CT molecular complexity index is 817. The van der Waals surface area contributed by atoms with E-state index >= 15 is 0 Å². The Kier molecular flexibility index (Phi) is 4.88. The molecule has 3 rings (SSSR count). The number of carbonyl (C=O) groups is 1. The standard InChI is InChI=1S/C19H20N2O4/c1-12-8-9-17(24-3)15(10-12)20-19(22)18-11-14(21-25-18)13-6-4-5-7-16(13)23-2/h4-10,18H,11H2,1-3H3,(H,20,22). The summed E-state index contributed by atoms with van der Waals surface area (Å²) in [5.74, 6) is 1.03. The van der Waals surface area contributed by atoms with Crippen LogP contribution in [-0.4, -0.2) is 31.9 Å². The number of anilines is 1. The van der Waals surface area contributed by atoms with E-state index in [0.29, 0.717) is 29.3 Å². The van der Waals surface area contributed by atoms with E-state index in [2.05, 4.69) is 10.5 Å². The monoisotopic (exact) mass is 340 g/mol. The van der Waals surface area contributed by atoms with Crippen molar-refractivity contribution in [3.8, 4) is 11.5 Å². The highest BCUT2D eigenvalue weighted by molar-refractivity contribution is 6.07. The molecule has 1 amide bonds. The number of amides is 1. The Hall–Kier alpha value is -3.02. The van der Waals surface area contributed by atoms with E-state index in [0.717, 1.165) is 11.1 Å². The number of oxime groups is 1. The molecule has 2 aromatic carbocycles. The minimum absolute atomic E-state index is 0.266. The highest BCUT2D eigenvalue weighted by Gasteiger charge is 2.30. The molecule has 1 aliphatic heterocycles. The lowest BCUT2D eigenvalue weighted by atomic mass is 10.0. The topological polar surface area (TPSA) is 69.2 Å². The molecule has 1 unspecified atom stereocenters. The van der Waals surface area contributed by atoms with Crippen LogP contribution in [0.4, 0.5) is 5.69 Å². The number of para-hydroxylation sites is 1. The molecule has 0 radical (unpaired) electrons. The summed E-state index contributed by atoms with van der Waals surface area (Å²) in [6.45, 7) is 1.95. The van der Waals surface area contributed by atoms with Gasteiger partial charge in [0.1, 0.15) is 11.5 Å². The zero-order valence-electron chi connectivity index (χ0n) is 14.4. The van der Waals surface area contributed by atoms with Gasteiger partial charge in [0.15, 0.2) is 0 Å². The van der Waals surface area contributed by atoms with Gasteiger partial charge in [-0.15, -0.1) is 0 Å². The normalized spacial score (nSPS) is 16.0. The Morgan fingerprint density at radius 3 is 2.68 bits per heavy atom. The van der Waals surface area contributed by atoms with Crippen LogP contribution in [0.1, 0.15) is 17.5 Å². The number of ether oxygens (including phenoxy) is 2. The highest BCUT2D eigenvalue weighted by atomic mass is 16.6. The average Bonchev–Trinajstić information content (AvgIpc) is 3.12. The number of hydrogen-bond donors (Lipinski definition) is 1. The summed E-state index contributed by atoms with van der Waals surface area (Å²) in [6, 6.07) is 13.1. The summed E-state index contributed by atoms with van der Waals surface area (Å²) in [4.78, 5) is 17.9. The summed E-state index contributed by atoms with van der Waals surface area (Å²) in [7, 11) is 3.17. The molecule has 6 nitrogen and oxygen atoms in total.